The maximum atomic E-state index is 9.22. The lowest BCUT2D eigenvalue weighted by Gasteiger charge is -2.28. The number of aliphatic hydroxyl groups excluding tert-OH is 2. The summed E-state index contributed by atoms with van der Waals surface area (Å²) in [6.07, 6.45) is 9.18. The molecule has 0 saturated carbocycles. The van der Waals surface area contributed by atoms with Crippen LogP contribution < -0.4 is 0 Å². The predicted molar refractivity (Wildman–Crippen MR) is 48.7 cm³/mol. The summed E-state index contributed by atoms with van der Waals surface area (Å²) in [5.74, 6) is 0. The molecule has 0 aromatic heterocycles. The highest BCUT2D eigenvalue weighted by molar-refractivity contribution is 5.18. The van der Waals surface area contributed by atoms with Gasteiger partial charge in [0.2, 0.25) is 0 Å². The summed E-state index contributed by atoms with van der Waals surface area (Å²) < 4.78 is 0. The van der Waals surface area contributed by atoms with Crippen LogP contribution in [0, 0.1) is 5.41 Å². The fraction of sp³-hybridized carbons (Fsp3) is 0.600. The van der Waals surface area contributed by atoms with Gasteiger partial charge in [-0.05, 0) is 19.8 Å². The molecule has 68 valence electrons. The third-order valence-electron chi connectivity index (χ3n) is 2.14. The quantitative estimate of drug-likeness (QED) is 0.623. The summed E-state index contributed by atoms with van der Waals surface area (Å²) in [5, 5.41) is 18.4. The minimum Gasteiger partial charge on any atom is -0.395 e. The van der Waals surface area contributed by atoms with E-state index in [2.05, 4.69) is 0 Å². The van der Waals surface area contributed by atoms with Crippen LogP contribution in [-0.4, -0.2) is 22.9 Å². The molecule has 2 nitrogen and oxygen atoms in total. The van der Waals surface area contributed by atoms with Gasteiger partial charge in [0.05, 0.1) is 12.7 Å². The number of allylic oxidation sites excluding steroid dienone is 2. The third kappa shape index (κ3) is 2.19. The number of hydrogen-bond donors (Lipinski definition) is 2. The number of rotatable bonds is 3. The van der Waals surface area contributed by atoms with Crippen LogP contribution in [0.15, 0.2) is 24.3 Å². The van der Waals surface area contributed by atoms with E-state index in [0.29, 0.717) is 6.42 Å². The lowest BCUT2D eigenvalue weighted by atomic mass is 9.80. The Morgan fingerprint density at radius 2 is 2.00 bits per heavy atom. The van der Waals surface area contributed by atoms with Gasteiger partial charge in [0.25, 0.3) is 0 Å². The fourth-order valence-corrected chi connectivity index (χ4v) is 1.60. The second-order valence-electron chi connectivity index (χ2n) is 3.48. The first-order valence-corrected chi connectivity index (χ1v) is 4.33. The van der Waals surface area contributed by atoms with Gasteiger partial charge in [0, 0.05) is 5.41 Å². The maximum absolute atomic E-state index is 9.22. The molecule has 0 spiro atoms. The van der Waals surface area contributed by atoms with Gasteiger partial charge in [0.15, 0.2) is 0 Å². The Kier molecular flexibility index (Phi) is 3.06. The van der Waals surface area contributed by atoms with E-state index in [0.717, 1.165) is 6.42 Å². The van der Waals surface area contributed by atoms with Crippen molar-refractivity contribution in [3.63, 3.8) is 0 Å². The predicted octanol–water partition coefficient (Wildman–Crippen LogP) is 1.25. The van der Waals surface area contributed by atoms with E-state index >= 15 is 0 Å². The number of hydrogen-bond acceptors (Lipinski definition) is 2. The highest BCUT2D eigenvalue weighted by atomic mass is 16.3. The van der Waals surface area contributed by atoms with Gasteiger partial charge in [-0.25, -0.2) is 0 Å². The molecule has 0 fully saturated rings. The third-order valence-corrected chi connectivity index (χ3v) is 2.14. The van der Waals surface area contributed by atoms with Gasteiger partial charge in [0.1, 0.15) is 0 Å². The van der Waals surface area contributed by atoms with Crippen LogP contribution in [-0.2, 0) is 0 Å². The van der Waals surface area contributed by atoms with Crippen LogP contribution in [0.2, 0.25) is 0 Å². The van der Waals surface area contributed by atoms with E-state index < -0.39 is 0 Å². The molecule has 12 heavy (non-hydrogen) atoms. The molecule has 0 aliphatic heterocycles. The van der Waals surface area contributed by atoms with Crippen molar-refractivity contribution in [2.75, 3.05) is 6.61 Å². The Balaban J connectivity index is 2.67. The average Bonchev–Trinajstić information content (AvgIpc) is 2.05. The second kappa shape index (κ2) is 3.87. The maximum Gasteiger partial charge on any atom is 0.0557 e. The van der Waals surface area contributed by atoms with Crippen LogP contribution in [0.4, 0.5) is 0 Å². The molecular weight excluding hydrogens is 152 g/mol. The largest absolute Gasteiger partial charge is 0.395 e. The summed E-state index contributed by atoms with van der Waals surface area (Å²) in [6.45, 7) is 1.82. The molecule has 0 aromatic carbocycles. The Bertz CT molecular complexity index is 180. The molecule has 1 atom stereocenters. The molecular formula is C10H16O2. The Morgan fingerprint density at radius 3 is 2.42 bits per heavy atom. The molecule has 0 amide bonds. The van der Waals surface area contributed by atoms with E-state index in [1.165, 1.54) is 0 Å². The normalized spacial score (nSPS) is 22.6. The summed E-state index contributed by atoms with van der Waals surface area (Å²) in [7, 11) is 0. The van der Waals surface area contributed by atoms with Gasteiger partial charge in [-0.1, -0.05) is 24.3 Å². The zero-order valence-electron chi connectivity index (χ0n) is 7.40. The summed E-state index contributed by atoms with van der Waals surface area (Å²) in [6, 6.07) is 0. The standard InChI is InChI=1S/C10H16O2/c1-9(12)7-10(8-11)5-3-2-4-6-10/h3-6,9,11-12H,2,7-8H2,1H3/t9-/m0/s1. The number of aliphatic hydroxyl groups is 2. The monoisotopic (exact) mass is 168 g/mol. The van der Waals surface area contributed by atoms with Crippen LogP contribution in [0.3, 0.4) is 0 Å². The molecule has 1 aliphatic carbocycles. The molecule has 0 aromatic rings. The second-order valence-corrected chi connectivity index (χ2v) is 3.48. The zero-order valence-corrected chi connectivity index (χ0v) is 7.40. The summed E-state index contributed by atoms with van der Waals surface area (Å²) >= 11 is 0. The van der Waals surface area contributed by atoms with Crippen molar-refractivity contribution < 1.29 is 10.2 Å². The molecule has 0 bridgehead atoms. The Morgan fingerprint density at radius 1 is 1.42 bits per heavy atom. The van der Waals surface area contributed by atoms with Crippen molar-refractivity contribution in [3.8, 4) is 0 Å². The van der Waals surface area contributed by atoms with Gasteiger partial charge in [-0.2, -0.15) is 0 Å². The van der Waals surface area contributed by atoms with Crippen molar-refractivity contribution >= 4 is 0 Å². The lowest BCUT2D eigenvalue weighted by Crippen LogP contribution is -2.26. The zero-order chi connectivity index (χ0) is 9.03. The van der Waals surface area contributed by atoms with Crippen molar-refractivity contribution in [2.45, 2.75) is 25.9 Å². The topological polar surface area (TPSA) is 40.5 Å². The molecule has 0 unspecified atom stereocenters. The first kappa shape index (κ1) is 9.49. The highest BCUT2D eigenvalue weighted by Crippen LogP contribution is 2.30. The molecule has 1 rings (SSSR count). The highest BCUT2D eigenvalue weighted by Gasteiger charge is 2.25. The lowest BCUT2D eigenvalue weighted by molar-refractivity contribution is 0.114. The minimum atomic E-state index is -0.371. The molecule has 0 radical (unpaired) electrons. The van der Waals surface area contributed by atoms with Gasteiger partial charge in [-0.15, -0.1) is 0 Å². The van der Waals surface area contributed by atoms with Gasteiger partial charge in [-0.3, -0.25) is 0 Å². The average molecular weight is 168 g/mol. The molecule has 2 heteroatoms. The van der Waals surface area contributed by atoms with E-state index in [4.69, 9.17) is 0 Å². The fourth-order valence-electron chi connectivity index (χ4n) is 1.60. The van der Waals surface area contributed by atoms with Crippen LogP contribution in [0.1, 0.15) is 19.8 Å². The van der Waals surface area contributed by atoms with Crippen molar-refractivity contribution in [2.24, 2.45) is 5.41 Å². The summed E-state index contributed by atoms with van der Waals surface area (Å²) in [4.78, 5) is 0. The van der Waals surface area contributed by atoms with Crippen molar-refractivity contribution in [1.29, 1.82) is 0 Å². The molecule has 0 heterocycles. The van der Waals surface area contributed by atoms with E-state index in [1.54, 1.807) is 6.92 Å². The molecule has 0 saturated heterocycles. The SMILES string of the molecule is C[C@H](O)CC1(CO)C=CCC=C1. The van der Waals surface area contributed by atoms with Gasteiger partial charge < -0.3 is 10.2 Å². The smallest absolute Gasteiger partial charge is 0.0557 e. The first-order chi connectivity index (χ1) is 5.68. The Labute approximate surface area is 73.2 Å². The van der Waals surface area contributed by atoms with Crippen LogP contribution in [0.5, 0.6) is 0 Å². The summed E-state index contributed by atoms with van der Waals surface area (Å²) in [5.41, 5.74) is -0.313. The van der Waals surface area contributed by atoms with Crippen molar-refractivity contribution in [3.05, 3.63) is 24.3 Å². The molecule has 2 N–H and O–H groups in total. The van der Waals surface area contributed by atoms with Gasteiger partial charge >= 0.3 is 0 Å². The van der Waals surface area contributed by atoms with Crippen molar-refractivity contribution in [1.82, 2.24) is 0 Å². The van der Waals surface area contributed by atoms with Crippen LogP contribution >= 0.6 is 0 Å². The first-order valence-electron chi connectivity index (χ1n) is 4.33. The minimum absolute atomic E-state index is 0.0743. The van der Waals surface area contributed by atoms with E-state index in [9.17, 15) is 10.2 Å². The van der Waals surface area contributed by atoms with Crippen LogP contribution in [0.25, 0.3) is 0 Å². The Hall–Kier alpha value is -0.600. The molecule has 1 aliphatic rings. The van der Waals surface area contributed by atoms with E-state index in [1.807, 2.05) is 24.3 Å². The van der Waals surface area contributed by atoms with E-state index in [-0.39, 0.29) is 18.1 Å².